The van der Waals surface area contributed by atoms with Gasteiger partial charge in [0.05, 0.1) is 18.1 Å². The molecule has 0 unspecified atom stereocenters. The van der Waals surface area contributed by atoms with Gasteiger partial charge in [0.2, 0.25) is 10.0 Å². The van der Waals surface area contributed by atoms with Gasteiger partial charge < -0.3 is 15.2 Å². The van der Waals surface area contributed by atoms with E-state index in [1.165, 1.54) is 12.1 Å². The van der Waals surface area contributed by atoms with Crippen LogP contribution >= 0.6 is 12.4 Å². The highest BCUT2D eigenvalue weighted by Gasteiger charge is 2.20. The van der Waals surface area contributed by atoms with Crippen LogP contribution in [0.4, 0.5) is 0 Å². The summed E-state index contributed by atoms with van der Waals surface area (Å²) in [7, 11) is -3.58. The SMILES string of the molecule is C[C@H](CN)NS(=O)(=O)c1ccc2c(c1)OCCCO2.Cl. The second kappa shape index (κ2) is 7.12. The first-order valence-corrected chi connectivity index (χ1v) is 7.63. The smallest absolute Gasteiger partial charge is 0.240 e. The fourth-order valence-electron chi connectivity index (χ4n) is 1.69. The molecule has 0 bridgehead atoms. The van der Waals surface area contributed by atoms with E-state index in [9.17, 15) is 8.42 Å². The molecule has 1 aromatic carbocycles. The van der Waals surface area contributed by atoms with E-state index in [1.54, 1.807) is 13.0 Å². The van der Waals surface area contributed by atoms with Gasteiger partial charge in [-0.2, -0.15) is 0 Å². The highest BCUT2D eigenvalue weighted by molar-refractivity contribution is 7.89. The van der Waals surface area contributed by atoms with Crippen LogP contribution in [-0.2, 0) is 10.0 Å². The molecule has 20 heavy (non-hydrogen) atoms. The van der Waals surface area contributed by atoms with E-state index in [2.05, 4.69) is 4.72 Å². The maximum Gasteiger partial charge on any atom is 0.240 e. The Kier molecular flexibility index (Phi) is 6.07. The molecule has 0 aromatic heterocycles. The lowest BCUT2D eigenvalue weighted by Gasteiger charge is -2.13. The van der Waals surface area contributed by atoms with Crippen molar-refractivity contribution in [2.45, 2.75) is 24.3 Å². The predicted molar refractivity (Wildman–Crippen MR) is 78.1 cm³/mol. The summed E-state index contributed by atoms with van der Waals surface area (Å²) in [5, 5.41) is 0. The standard InChI is InChI=1S/C12H18N2O4S.ClH/c1-9(8-13)14-19(15,16)10-3-4-11-12(7-10)18-6-2-5-17-11;/h3-4,7,9,14H,2,5-6,8,13H2,1H3;1H/t9-;/m1./s1. The number of hydrogen-bond acceptors (Lipinski definition) is 5. The lowest BCUT2D eigenvalue weighted by molar-refractivity contribution is 0.297. The van der Waals surface area contributed by atoms with Gasteiger partial charge in [-0.3, -0.25) is 0 Å². The second-order valence-corrected chi connectivity index (χ2v) is 6.13. The number of benzene rings is 1. The molecule has 0 aliphatic carbocycles. The molecule has 0 fully saturated rings. The molecule has 1 atom stereocenters. The van der Waals surface area contributed by atoms with Crippen molar-refractivity contribution in [1.82, 2.24) is 4.72 Å². The molecular formula is C12H19ClN2O4S. The monoisotopic (exact) mass is 322 g/mol. The maximum atomic E-state index is 12.1. The van der Waals surface area contributed by atoms with E-state index in [4.69, 9.17) is 15.2 Å². The molecule has 0 saturated carbocycles. The van der Waals surface area contributed by atoms with Crippen molar-refractivity contribution in [2.75, 3.05) is 19.8 Å². The minimum atomic E-state index is -3.58. The summed E-state index contributed by atoms with van der Waals surface area (Å²) in [6.07, 6.45) is 0.777. The summed E-state index contributed by atoms with van der Waals surface area (Å²) in [5.74, 6) is 1.03. The number of hydrogen-bond donors (Lipinski definition) is 2. The number of fused-ring (bicyclic) bond motifs is 1. The Balaban J connectivity index is 0.00000200. The van der Waals surface area contributed by atoms with Crippen molar-refractivity contribution in [1.29, 1.82) is 0 Å². The highest BCUT2D eigenvalue weighted by atomic mass is 35.5. The Morgan fingerprint density at radius 2 is 1.95 bits per heavy atom. The van der Waals surface area contributed by atoms with Crippen molar-refractivity contribution in [3.8, 4) is 11.5 Å². The zero-order valence-corrected chi connectivity index (χ0v) is 12.8. The molecule has 6 nitrogen and oxygen atoms in total. The van der Waals surface area contributed by atoms with Crippen molar-refractivity contribution in [3.05, 3.63) is 18.2 Å². The fraction of sp³-hybridized carbons (Fsp3) is 0.500. The Labute approximate surface area is 125 Å². The fourth-order valence-corrected chi connectivity index (χ4v) is 2.96. The van der Waals surface area contributed by atoms with Crippen molar-refractivity contribution < 1.29 is 17.9 Å². The Morgan fingerprint density at radius 1 is 1.30 bits per heavy atom. The highest BCUT2D eigenvalue weighted by Crippen LogP contribution is 2.31. The third-order valence-corrected chi connectivity index (χ3v) is 4.33. The van der Waals surface area contributed by atoms with Gasteiger partial charge >= 0.3 is 0 Å². The molecule has 0 saturated heterocycles. The van der Waals surface area contributed by atoms with Crippen LogP contribution in [0.15, 0.2) is 23.1 Å². The molecule has 0 radical (unpaired) electrons. The van der Waals surface area contributed by atoms with Crippen LogP contribution < -0.4 is 19.9 Å². The molecule has 8 heteroatoms. The lowest BCUT2D eigenvalue weighted by Crippen LogP contribution is -2.37. The summed E-state index contributed by atoms with van der Waals surface area (Å²) < 4.78 is 37.6. The number of rotatable bonds is 4. The number of sulfonamides is 1. The van der Waals surface area contributed by atoms with Gasteiger partial charge in [-0.15, -0.1) is 12.4 Å². The summed E-state index contributed by atoms with van der Waals surface area (Å²) in [5.41, 5.74) is 5.42. The predicted octanol–water partition coefficient (Wildman–Crippen LogP) is 0.895. The van der Waals surface area contributed by atoms with Gasteiger partial charge in [0.1, 0.15) is 0 Å². The summed E-state index contributed by atoms with van der Waals surface area (Å²) in [4.78, 5) is 0.150. The Morgan fingerprint density at radius 3 is 2.60 bits per heavy atom. The zero-order valence-electron chi connectivity index (χ0n) is 11.2. The molecule has 1 heterocycles. The van der Waals surface area contributed by atoms with Gasteiger partial charge in [0.15, 0.2) is 11.5 Å². The van der Waals surface area contributed by atoms with Gasteiger partial charge in [0, 0.05) is 25.1 Å². The van der Waals surface area contributed by atoms with Crippen LogP contribution in [0.25, 0.3) is 0 Å². The lowest BCUT2D eigenvalue weighted by atomic mass is 10.3. The molecule has 1 aromatic rings. The van der Waals surface area contributed by atoms with Crippen molar-refractivity contribution in [2.24, 2.45) is 5.73 Å². The number of nitrogens with two attached hydrogens (primary N) is 1. The number of nitrogens with one attached hydrogen (secondary N) is 1. The first-order chi connectivity index (χ1) is 9.03. The zero-order chi connectivity index (χ0) is 13.9. The quantitative estimate of drug-likeness (QED) is 0.859. The normalized spacial score (nSPS) is 15.9. The molecule has 3 N–H and O–H groups in total. The number of ether oxygens (including phenoxy) is 2. The van der Waals surface area contributed by atoms with Crippen LogP contribution in [0, 0.1) is 0 Å². The van der Waals surface area contributed by atoms with E-state index in [0.29, 0.717) is 24.7 Å². The molecule has 2 rings (SSSR count). The Bertz CT molecular complexity index is 550. The van der Waals surface area contributed by atoms with E-state index in [0.717, 1.165) is 6.42 Å². The van der Waals surface area contributed by atoms with Crippen LogP contribution in [0.2, 0.25) is 0 Å². The van der Waals surface area contributed by atoms with E-state index < -0.39 is 10.0 Å². The van der Waals surface area contributed by atoms with Crippen LogP contribution in [0.3, 0.4) is 0 Å². The molecule has 114 valence electrons. The Hall–Kier alpha value is -1.02. The third kappa shape index (κ3) is 3.99. The van der Waals surface area contributed by atoms with Crippen molar-refractivity contribution in [3.63, 3.8) is 0 Å². The topological polar surface area (TPSA) is 90.7 Å². The van der Waals surface area contributed by atoms with Crippen LogP contribution in [0.1, 0.15) is 13.3 Å². The first-order valence-electron chi connectivity index (χ1n) is 6.15. The van der Waals surface area contributed by atoms with Gasteiger partial charge in [-0.25, -0.2) is 13.1 Å². The average molecular weight is 323 g/mol. The van der Waals surface area contributed by atoms with E-state index in [1.807, 2.05) is 0 Å². The minimum Gasteiger partial charge on any atom is -0.490 e. The summed E-state index contributed by atoms with van der Waals surface area (Å²) >= 11 is 0. The maximum absolute atomic E-state index is 12.1. The number of halogens is 1. The third-order valence-electron chi connectivity index (χ3n) is 2.74. The largest absolute Gasteiger partial charge is 0.490 e. The van der Waals surface area contributed by atoms with E-state index in [-0.39, 0.29) is 29.9 Å². The summed E-state index contributed by atoms with van der Waals surface area (Å²) in [6, 6.07) is 4.27. The van der Waals surface area contributed by atoms with E-state index >= 15 is 0 Å². The summed E-state index contributed by atoms with van der Waals surface area (Å²) in [6.45, 7) is 3.04. The second-order valence-electron chi connectivity index (χ2n) is 4.42. The van der Waals surface area contributed by atoms with Gasteiger partial charge in [-0.05, 0) is 19.1 Å². The van der Waals surface area contributed by atoms with Crippen LogP contribution in [-0.4, -0.2) is 34.2 Å². The molecular weight excluding hydrogens is 304 g/mol. The average Bonchev–Trinajstić information content (AvgIpc) is 2.62. The first kappa shape index (κ1) is 17.0. The molecule has 1 aliphatic rings. The van der Waals surface area contributed by atoms with Gasteiger partial charge in [-0.1, -0.05) is 0 Å². The van der Waals surface area contributed by atoms with Gasteiger partial charge in [0.25, 0.3) is 0 Å². The van der Waals surface area contributed by atoms with Crippen molar-refractivity contribution >= 4 is 22.4 Å². The molecule has 1 aliphatic heterocycles. The van der Waals surface area contributed by atoms with Crippen LogP contribution in [0.5, 0.6) is 11.5 Å². The molecule has 0 amide bonds. The minimum absolute atomic E-state index is 0. The molecule has 0 spiro atoms.